The number of carbonyl (C=O) groups is 4. The Bertz CT molecular complexity index is 1240. The highest BCUT2D eigenvalue weighted by Crippen LogP contribution is 2.60. The third-order valence-electron chi connectivity index (χ3n) is 8.54. The van der Waals surface area contributed by atoms with E-state index in [0.29, 0.717) is 37.1 Å². The zero-order valence-electron chi connectivity index (χ0n) is 25.3. The Morgan fingerprint density at radius 1 is 1.25 bits per heavy atom. The van der Waals surface area contributed by atoms with Crippen LogP contribution in [-0.2, 0) is 28.7 Å². The lowest BCUT2D eigenvalue weighted by atomic mass is 9.70. The van der Waals surface area contributed by atoms with Gasteiger partial charge in [-0.1, -0.05) is 28.1 Å². The van der Waals surface area contributed by atoms with Gasteiger partial charge in [-0.05, 0) is 56.9 Å². The Hall–Kier alpha value is -3.22. The third-order valence-corrected chi connectivity index (χ3v) is 9.39. The summed E-state index contributed by atoms with van der Waals surface area (Å²) in [5.74, 6) is -2.70. The van der Waals surface area contributed by atoms with E-state index in [1.165, 1.54) is 4.90 Å². The number of hydrogen-bond donors (Lipinski definition) is 2. The number of methoxy groups -OCH3 is 1. The lowest BCUT2D eigenvalue weighted by molar-refractivity contribution is -0.159. The van der Waals surface area contributed by atoms with E-state index in [1.54, 1.807) is 55.4 Å². The number of unbranched alkanes of at least 4 members (excludes halogenated alkanes) is 1. The number of hydrogen-bond acceptors (Lipinski definition) is 8. The van der Waals surface area contributed by atoms with Crippen LogP contribution >= 0.6 is 15.9 Å². The fraction of sp³-hybridized carbons (Fsp3) is 0.562. The molecule has 240 valence electrons. The average molecular weight is 677 g/mol. The number of halogens is 1. The van der Waals surface area contributed by atoms with Gasteiger partial charge in [-0.2, -0.15) is 0 Å². The molecule has 3 fully saturated rings. The number of rotatable bonds is 16. The number of alkyl halides is 1. The average Bonchev–Trinajstić information content (AvgIpc) is 3.61. The Morgan fingerprint density at radius 2 is 1.98 bits per heavy atom. The molecule has 3 saturated heterocycles. The molecule has 12 heteroatoms. The molecule has 1 unspecified atom stereocenters. The Balaban J connectivity index is 1.63. The van der Waals surface area contributed by atoms with Crippen LogP contribution in [0.2, 0.25) is 0 Å². The lowest BCUT2D eigenvalue weighted by Crippen LogP contribution is -2.57. The number of aliphatic hydroxyl groups excluding tert-OH is 1. The molecule has 1 spiro atoms. The van der Waals surface area contributed by atoms with Crippen molar-refractivity contribution in [3.63, 3.8) is 0 Å². The predicted molar refractivity (Wildman–Crippen MR) is 167 cm³/mol. The molecule has 1 aromatic carbocycles. The minimum absolute atomic E-state index is 0.0529. The van der Waals surface area contributed by atoms with E-state index in [4.69, 9.17) is 14.2 Å². The zero-order valence-corrected chi connectivity index (χ0v) is 26.9. The normalized spacial score (nSPS) is 27.4. The van der Waals surface area contributed by atoms with Gasteiger partial charge in [0.15, 0.2) is 0 Å². The second-order valence-corrected chi connectivity index (χ2v) is 12.6. The van der Waals surface area contributed by atoms with Gasteiger partial charge in [0.05, 0.1) is 31.6 Å². The third kappa shape index (κ3) is 6.57. The van der Waals surface area contributed by atoms with Crippen molar-refractivity contribution in [2.45, 2.75) is 67.7 Å². The van der Waals surface area contributed by atoms with Crippen molar-refractivity contribution in [1.29, 1.82) is 0 Å². The van der Waals surface area contributed by atoms with Crippen molar-refractivity contribution in [2.24, 2.45) is 11.8 Å². The molecule has 2 N–H and O–H groups in total. The molecule has 0 saturated carbocycles. The SMILES string of the molecule is C=CCCC(=O)NC[C@H](C)OC(=O)[C@H]1[C@@H]2O[C@@]3(CC2Br)[C@@H]1C(=O)N(CCCCO)[C@@H]3C(=O)N(CC=C)c1ccc(OC)cc1. The summed E-state index contributed by atoms with van der Waals surface area (Å²) in [6, 6.07) is 6.02. The van der Waals surface area contributed by atoms with E-state index in [0.717, 1.165) is 0 Å². The van der Waals surface area contributed by atoms with Crippen molar-refractivity contribution in [2.75, 3.05) is 38.3 Å². The van der Waals surface area contributed by atoms with Gasteiger partial charge in [-0.25, -0.2) is 0 Å². The minimum atomic E-state index is -1.26. The van der Waals surface area contributed by atoms with Crippen LogP contribution in [0, 0.1) is 11.8 Å². The Kier molecular flexibility index (Phi) is 11.3. The Morgan fingerprint density at radius 3 is 2.61 bits per heavy atom. The number of carbonyl (C=O) groups excluding carboxylic acids is 4. The van der Waals surface area contributed by atoms with Gasteiger partial charge >= 0.3 is 5.97 Å². The number of ether oxygens (including phenoxy) is 3. The molecular formula is C32H42BrN3O8. The Labute approximate surface area is 266 Å². The van der Waals surface area contributed by atoms with Crippen molar-refractivity contribution in [1.82, 2.24) is 10.2 Å². The minimum Gasteiger partial charge on any atom is -0.497 e. The summed E-state index contributed by atoms with van der Waals surface area (Å²) in [6.45, 7) is 9.59. The second-order valence-electron chi connectivity index (χ2n) is 11.4. The van der Waals surface area contributed by atoms with Gasteiger partial charge in [0.25, 0.3) is 5.91 Å². The number of benzene rings is 1. The number of nitrogens with zero attached hydrogens (tertiary/aromatic N) is 2. The molecular weight excluding hydrogens is 634 g/mol. The molecule has 11 nitrogen and oxygen atoms in total. The molecule has 3 aliphatic heterocycles. The predicted octanol–water partition coefficient (Wildman–Crippen LogP) is 2.75. The molecule has 1 aromatic rings. The van der Waals surface area contributed by atoms with E-state index in [9.17, 15) is 24.3 Å². The highest BCUT2D eigenvalue weighted by molar-refractivity contribution is 9.09. The number of amides is 3. The second kappa shape index (κ2) is 14.7. The van der Waals surface area contributed by atoms with Crippen LogP contribution in [0.1, 0.15) is 39.0 Å². The fourth-order valence-electron chi connectivity index (χ4n) is 6.57. The maximum Gasteiger partial charge on any atom is 0.312 e. The first-order chi connectivity index (χ1) is 21.1. The molecule has 3 amide bonds. The monoisotopic (exact) mass is 675 g/mol. The van der Waals surface area contributed by atoms with Crippen molar-refractivity contribution in [3.05, 3.63) is 49.6 Å². The van der Waals surface area contributed by atoms with Crippen LogP contribution in [-0.4, -0.2) is 95.7 Å². The zero-order chi connectivity index (χ0) is 32.0. The van der Waals surface area contributed by atoms with Gasteiger partial charge < -0.3 is 34.4 Å². The van der Waals surface area contributed by atoms with Crippen molar-refractivity contribution < 1.29 is 38.5 Å². The highest BCUT2D eigenvalue weighted by Gasteiger charge is 2.77. The fourth-order valence-corrected chi connectivity index (χ4v) is 7.51. The summed E-state index contributed by atoms with van der Waals surface area (Å²) >= 11 is 3.67. The van der Waals surface area contributed by atoms with E-state index >= 15 is 0 Å². The van der Waals surface area contributed by atoms with Crippen molar-refractivity contribution in [3.8, 4) is 5.75 Å². The summed E-state index contributed by atoms with van der Waals surface area (Å²) in [5, 5.41) is 12.2. The summed E-state index contributed by atoms with van der Waals surface area (Å²) < 4.78 is 17.6. The van der Waals surface area contributed by atoms with Crippen LogP contribution in [0.3, 0.4) is 0 Å². The first-order valence-electron chi connectivity index (χ1n) is 15.0. The topological polar surface area (TPSA) is 135 Å². The molecule has 7 atom stereocenters. The van der Waals surface area contributed by atoms with Crippen LogP contribution in [0.25, 0.3) is 0 Å². The van der Waals surface area contributed by atoms with E-state index in [-0.39, 0.29) is 55.2 Å². The van der Waals surface area contributed by atoms with E-state index in [2.05, 4.69) is 34.4 Å². The van der Waals surface area contributed by atoms with Crippen LogP contribution in [0.15, 0.2) is 49.6 Å². The number of allylic oxidation sites excluding steroid dienone is 1. The van der Waals surface area contributed by atoms with Crippen LogP contribution < -0.4 is 15.0 Å². The first kappa shape index (κ1) is 33.7. The van der Waals surface area contributed by atoms with E-state index < -0.39 is 41.7 Å². The first-order valence-corrected chi connectivity index (χ1v) is 15.9. The smallest absolute Gasteiger partial charge is 0.312 e. The van der Waals surface area contributed by atoms with Gasteiger partial charge in [0.1, 0.15) is 23.5 Å². The van der Waals surface area contributed by atoms with Crippen molar-refractivity contribution >= 4 is 45.3 Å². The maximum atomic E-state index is 14.5. The summed E-state index contributed by atoms with van der Waals surface area (Å²) in [5.41, 5.74) is -0.662. The highest BCUT2D eigenvalue weighted by atomic mass is 79.9. The number of likely N-dealkylation sites (tertiary alicyclic amines) is 1. The molecule has 3 aliphatic rings. The number of esters is 1. The van der Waals surface area contributed by atoms with Gasteiger partial charge in [-0.15, -0.1) is 13.2 Å². The standard InChI is InChI=1S/C32H42BrN3O8/c1-5-7-10-24(38)34-19-20(3)43-31(41)25-26-29(39)36(16-8-9-17-37)28(32(26)18-23(33)27(25)44-32)30(40)35(15-6-2)21-11-13-22(42-4)14-12-21/h5-6,11-14,20,23,25-28,37H,1-2,7-10,15-19H2,3-4H3,(H,34,38)/t20-,23?,25+,26-,27+,28+,32-/m0/s1. The summed E-state index contributed by atoms with van der Waals surface area (Å²) in [6.07, 6.45) is 4.04. The molecule has 0 aliphatic carbocycles. The maximum absolute atomic E-state index is 14.5. The molecule has 4 rings (SSSR count). The molecule has 44 heavy (non-hydrogen) atoms. The summed E-state index contributed by atoms with van der Waals surface area (Å²) in [7, 11) is 1.56. The largest absolute Gasteiger partial charge is 0.497 e. The van der Waals surface area contributed by atoms with Gasteiger partial charge in [0, 0.05) is 36.6 Å². The van der Waals surface area contributed by atoms with Gasteiger partial charge in [-0.3, -0.25) is 19.2 Å². The van der Waals surface area contributed by atoms with E-state index in [1.807, 2.05) is 0 Å². The van der Waals surface area contributed by atoms with Gasteiger partial charge in [0.2, 0.25) is 11.8 Å². The number of nitrogens with one attached hydrogen (secondary N) is 1. The van der Waals surface area contributed by atoms with Crippen LogP contribution in [0.4, 0.5) is 5.69 Å². The number of aliphatic hydroxyl groups is 1. The molecule has 0 radical (unpaired) electrons. The van der Waals surface area contributed by atoms with Crippen LogP contribution in [0.5, 0.6) is 5.75 Å². The molecule has 0 aromatic heterocycles. The quantitative estimate of drug-likeness (QED) is 0.118. The number of fused-ring (bicyclic) bond motifs is 1. The lowest BCUT2D eigenvalue weighted by Gasteiger charge is -2.37. The molecule has 3 heterocycles. The number of anilines is 1. The summed E-state index contributed by atoms with van der Waals surface area (Å²) in [4.78, 5) is 57.2. The molecule has 2 bridgehead atoms.